The van der Waals surface area contributed by atoms with E-state index in [1.54, 1.807) is 17.7 Å². The van der Waals surface area contributed by atoms with Gasteiger partial charge in [0.15, 0.2) is 0 Å². The van der Waals surface area contributed by atoms with Gasteiger partial charge >= 0.3 is 0 Å². The van der Waals surface area contributed by atoms with Crippen molar-refractivity contribution in [2.24, 2.45) is 0 Å². The zero-order valence-corrected chi connectivity index (χ0v) is 12.1. The normalized spacial score (nSPS) is 15.7. The molecule has 2 aromatic heterocycles. The third-order valence-corrected chi connectivity index (χ3v) is 4.95. The van der Waals surface area contributed by atoms with Gasteiger partial charge in [-0.05, 0) is 25.8 Å². The van der Waals surface area contributed by atoms with Crippen molar-refractivity contribution in [1.29, 1.82) is 0 Å². The van der Waals surface area contributed by atoms with E-state index in [4.69, 9.17) is 0 Å². The predicted octanol–water partition coefficient (Wildman–Crippen LogP) is 2.47. The number of nitrogens with zero attached hydrogens (tertiary/aromatic N) is 3. The lowest BCUT2D eigenvalue weighted by atomic mass is 10.1. The maximum Gasteiger partial charge on any atom is 0.222 e. The standard InChI is InChI=1S/C14H17N3OS/c1-9-10(2)19-14-13(9)11(15-8-16-14)5-7-17-6-3-4-12(17)18/h8H,3-7H2,1-2H3. The summed E-state index contributed by atoms with van der Waals surface area (Å²) in [5.74, 6) is 0.281. The molecule has 1 amide bonds. The molecular formula is C14H17N3OS. The van der Waals surface area contributed by atoms with E-state index >= 15 is 0 Å². The van der Waals surface area contributed by atoms with Gasteiger partial charge in [-0.3, -0.25) is 4.79 Å². The first-order valence-corrected chi connectivity index (χ1v) is 7.46. The van der Waals surface area contributed by atoms with Crippen LogP contribution in [0.1, 0.15) is 29.0 Å². The van der Waals surface area contributed by atoms with Gasteiger partial charge in [-0.1, -0.05) is 0 Å². The topological polar surface area (TPSA) is 46.1 Å². The van der Waals surface area contributed by atoms with E-state index in [9.17, 15) is 4.79 Å². The molecule has 0 N–H and O–H groups in total. The first kappa shape index (κ1) is 12.5. The molecule has 1 saturated heterocycles. The van der Waals surface area contributed by atoms with Crippen LogP contribution in [0.4, 0.5) is 0 Å². The Labute approximate surface area is 116 Å². The van der Waals surface area contributed by atoms with E-state index in [2.05, 4.69) is 23.8 Å². The second kappa shape index (κ2) is 4.89. The summed E-state index contributed by atoms with van der Waals surface area (Å²) in [6.07, 6.45) is 4.16. The van der Waals surface area contributed by atoms with Crippen molar-refractivity contribution in [2.45, 2.75) is 33.1 Å². The molecule has 1 aliphatic heterocycles. The number of thiophene rings is 1. The van der Waals surface area contributed by atoms with Gasteiger partial charge in [-0.2, -0.15) is 0 Å². The van der Waals surface area contributed by atoms with Crippen molar-refractivity contribution in [3.8, 4) is 0 Å². The molecule has 0 saturated carbocycles. The minimum Gasteiger partial charge on any atom is -0.342 e. The van der Waals surface area contributed by atoms with Crippen LogP contribution >= 0.6 is 11.3 Å². The first-order valence-electron chi connectivity index (χ1n) is 6.64. The van der Waals surface area contributed by atoms with Gasteiger partial charge in [0.05, 0.1) is 5.69 Å². The molecule has 5 heteroatoms. The summed E-state index contributed by atoms with van der Waals surface area (Å²) in [4.78, 5) is 24.7. The Morgan fingerprint density at radius 3 is 2.95 bits per heavy atom. The number of hydrogen-bond donors (Lipinski definition) is 0. The Kier molecular flexibility index (Phi) is 3.22. The number of carbonyl (C=O) groups excluding carboxylic acids is 1. The van der Waals surface area contributed by atoms with Gasteiger partial charge in [0.25, 0.3) is 0 Å². The van der Waals surface area contributed by atoms with E-state index < -0.39 is 0 Å². The molecule has 3 heterocycles. The van der Waals surface area contributed by atoms with Crippen LogP contribution in [0.5, 0.6) is 0 Å². The van der Waals surface area contributed by atoms with Crippen LogP contribution in [0.15, 0.2) is 6.33 Å². The summed E-state index contributed by atoms with van der Waals surface area (Å²) in [6, 6.07) is 0. The van der Waals surface area contributed by atoms with Gasteiger partial charge in [0.1, 0.15) is 11.2 Å². The van der Waals surface area contributed by atoms with Gasteiger partial charge in [0.2, 0.25) is 5.91 Å². The van der Waals surface area contributed by atoms with Crippen molar-refractivity contribution in [3.63, 3.8) is 0 Å². The van der Waals surface area contributed by atoms with Crippen molar-refractivity contribution in [3.05, 3.63) is 22.5 Å². The fraction of sp³-hybridized carbons (Fsp3) is 0.500. The molecule has 0 atom stereocenters. The van der Waals surface area contributed by atoms with Crippen LogP contribution in [-0.2, 0) is 11.2 Å². The van der Waals surface area contributed by atoms with Crippen LogP contribution in [0.25, 0.3) is 10.2 Å². The van der Waals surface area contributed by atoms with Crippen molar-refractivity contribution < 1.29 is 4.79 Å². The molecule has 0 spiro atoms. The zero-order chi connectivity index (χ0) is 13.4. The van der Waals surface area contributed by atoms with E-state index in [-0.39, 0.29) is 5.91 Å². The predicted molar refractivity (Wildman–Crippen MR) is 76.4 cm³/mol. The SMILES string of the molecule is Cc1sc2ncnc(CCN3CCCC3=O)c2c1C. The molecule has 2 aromatic rings. The second-order valence-corrected chi connectivity index (χ2v) is 6.22. The Hall–Kier alpha value is -1.49. The number of hydrogen-bond acceptors (Lipinski definition) is 4. The highest BCUT2D eigenvalue weighted by Crippen LogP contribution is 2.30. The van der Waals surface area contributed by atoms with Gasteiger partial charge in [0, 0.05) is 36.2 Å². The Bertz CT molecular complexity index is 635. The second-order valence-electron chi connectivity index (χ2n) is 5.02. The Morgan fingerprint density at radius 1 is 1.37 bits per heavy atom. The smallest absolute Gasteiger partial charge is 0.222 e. The largest absolute Gasteiger partial charge is 0.342 e. The highest BCUT2D eigenvalue weighted by atomic mass is 32.1. The lowest BCUT2D eigenvalue weighted by Crippen LogP contribution is -2.27. The lowest BCUT2D eigenvalue weighted by molar-refractivity contribution is -0.127. The third-order valence-electron chi connectivity index (χ3n) is 3.83. The summed E-state index contributed by atoms with van der Waals surface area (Å²) in [6.45, 7) is 5.92. The minimum absolute atomic E-state index is 0.281. The fourth-order valence-electron chi connectivity index (χ4n) is 2.63. The number of aryl methyl sites for hydroxylation is 2. The summed E-state index contributed by atoms with van der Waals surface area (Å²) < 4.78 is 0. The number of likely N-dealkylation sites (tertiary alicyclic amines) is 1. The third kappa shape index (κ3) is 2.23. The van der Waals surface area contributed by atoms with E-state index in [0.29, 0.717) is 6.42 Å². The fourth-order valence-corrected chi connectivity index (χ4v) is 3.64. The lowest BCUT2D eigenvalue weighted by Gasteiger charge is -2.15. The molecule has 0 aliphatic carbocycles. The monoisotopic (exact) mass is 275 g/mol. The maximum atomic E-state index is 11.6. The number of rotatable bonds is 3. The quantitative estimate of drug-likeness (QED) is 0.864. The van der Waals surface area contributed by atoms with Crippen LogP contribution in [-0.4, -0.2) is 33.9 Å². The van der Waals surface area contributed by atoms with E-state index in [1.807, 2.05) is 4.90 Å². The average molecular weight is 275 g/mol. The van der Waals surface area contributed by atoms with E-state index in [0.717, 1.165) is 36.5 Å². The van der Waals surface area contributed by atoms with Crippen LogP contribution in [0.2, 0.25) is 0 Å². The van der Waals surface area contributed by atoms with Gasteiger partial charge in [-0.25, -0.2) is 9.97 Å². The number of amides is 1. The summed E-state index contributed by atoms with van der Waals surface area (Å²) in [7, 11) is 0. The average Bonchev–Trinajstić information content (AvgIpc) is 2.92. The molecule has 1 fully saturated rings. The van der Waals surface area contributed by atoms with Crippen LogP contribution in [0.3, 0.4) is 0 Å². The molecule has 0 unspecified atom stereocenters. The molecule has 0 radical (unpaired) electrons. The minimum atomic E-state index is 0.281. The molecule has 0 aromatic carbocycles. The van der Waals surface area contributed by atoms with E-state index in [1.165, 1.54) is 15.8 Å². The Balaban J connectivity index is 1.86. The van der Waals surface area contributed by atoms with Crippen LogP contribution in [0, 0.1) is 13.8 Å². The molecule has 4 nitrogen and oxygen atoms in total. The van der Waals surface area contributed by atoms with Crippen LogP contribution < -0.4 is 0 Å². The molecule has 19 heavy (non-hydrogen) atoms. The number of aromatic nitrogens is 2. The zero-order valence-electron chi connectivity index (χ0n) is 11.3. The molecule has 3 rings (SSSR count). The molecular weight excluding hydrogens is 258 g/mol. The maximum absolute atomic E-state index is 11.6. The van der Waals surface area contributed by atoms with Crippen molar-refractivity contribution >= 4 is 27.5 Å². The van der Waals surface area contributed by atoms with Gasteiger partial charge < -0.3 is 4.90 Å². The number of carbonyl (C=O) groups is 1. The molecule has 100 valence electrons. The number of fused-ring (bicyclic) bond motifs is 1. The van der Waals surface area contributed by atoms with Gasteiger partial charge in [-0.15, -0.1) is 11.3 Å². The summed E-state index contributed by atoms with van der Waals surface area (Å²) >= 11 is 1.72. The summed E-state index contributed by atoms with van der Waals surface area (Å²) in [5, 5.41) is 1.19. The highest BCUT2D eigenvalue weighted by Gasteiger charge is 2.20. The highest BCUT2D eigenvalue weighted by molar-refractivity contribution is 7.18. The van der Waals surface area contributed by atoms with Crippen molar-refractivity contribution in [2.75, 3.05) is 13.1 Å². The summed E-state index contributed by atoms with van der Waals surface area (Å²) in [5.41, 5.74) is 2.36. The van der Waals surface area contributed by atoms with Crippen molar-refractivity contribution in [1.82, 2.24) is 14.9 Å². The molecule has 1 aliphatic rings. The Morgan fingerprint density at radius 2 is 2.21 bits per heavy atom. The molecule has 0 bridgehead atoms. The first-order chi connectivity index (χ1) is 9.16.